The second-order valence-corrected chi connectivity index (χ2v) is 5.36. The van der Waals surface area contributed by atoms with Gasteiger partial charge in [0.15, 0.2) is 0 Å². The van der Waals surface area contributed by atoms with Crippen molar-refractivity contribution >= 4 is 29.0 Å². The second kappa shape index (κ2) is 5.96. The monoisotopic (exact) mass is 250 g/mol. The van der Waals surface area contributed by atoms with Crippen LogP contribution in [-0.4, -0.2) is 30.5 Å². The molecule has 2 rings (SSSR count). The molecule has 17 heavy (non-hydrogen) atoms. The van der Waals surface area contributed by atoms with E-state index in [0.29, 0.717) is 6.54 Å². The third-order valence-corrected chi connectivity index (χ3v) is 3.79. The summed E-state index contributed by atoms with van der Waals surface area (Å²) in [5.41, 5.74) is 2.08. The minimum atomic E-state index is 0.171. The predicted molar refractivity (Wildman–Crippen MR) is 74.9 cm³/mol. The molecule has 0 saturated carbocycles. The molecule has 0 spiro atoms. The third-order valence-electron chi connectivity index (χ3n) is 2.80. The van der Waals surface area contributed by atoms with Crippen molar-refractivity contribution in [1.29, 1.82) is 0 Å². The number of hydrogen-bond acceptors (Lipinski definition) is 3. The summed E-state index contributed by atoms with van der Waals surface area (Å²) in [5.74, 6) is 2.44. The molecule has 0 aliphatic carbocycles. The summed E-state index contributed by atoms with van der Waals surface area (Å²) in [6.45, 7) is 3.40. The SMILES string of the molecule is CCSCCCN1C(=O)CNc2ccccc21. The van der Waals surface area contributed by atoms with Crippen molar-refractivity contribution in [3.63, 3.8) is 0 Å². The fraction of sp³-hybridized carbons (Fsp3) is 0.462. The summed E-state index contributed by atoms with van der Waals surface area (Å²) in [5, 5.41) is 3.15. The molecule has 0 aromatic heterocycles. The maximum Gasteiger partial charge on any atom is 0.246 e. The first-order valence-corrected chi connectivity index (χ1v) is 7.19. The van der Waals surface area contributed by atoms with Crippen LogP contribution in [0.2, 0.25) is 0 Å². The van der Waals surface area contributed by atoms with E-state index >= 15 is 0 Å². The molecule has 1 aromatic rings. The highest BCUT2D eigenvalue weighted by Crippen LogP contribution is 2.28. The number of carbonyl (C=O) groups is 1. The quantitative estimate of drug-likeness (QED) is 0.815. The minimum absolute atomic E-state index is 0.171. The van der Waals surface area contributed by atoms with Gasteiger partial charge in [-0.15, -0.1) is 0 Å². The van der Waals surface area contributed by atoms with Gasteiger partial charge in [0.05, 0.1) is 17.9 Å². The summed E-state index contributed by atoms with van der Waals surface area (Å²) < 4.78 is 0. The zero-order chi connectivity index (χ0) is 12.1. The maximum absolute atomic E-state index is 11.9. The molecule has 1 aromatic carbocycles. The van der Waals surface area contributed by atoms with Gasteiger partial charge in [-0.2, -0.15) is 11.8 Å². The van der Waals surface area contributed by atoms with Crippen LogP contribution in [0.15, 0.2) is 24.3 Å². The van der Waals surface area contributed by atoms with Gasteiger partial charge in [-0.05, 0) is 30.1 Å². The summed E-state index contributed by atoms with van der Waals surface area (Å²) >= 11 is 1.93. The van der Waals surface area contributed by atoms with E-state index in [2.05, 4.69) is 12.2 Å². The smallest absolute Gasteiger partial charge is 0.246 e. The van der Waals surface area contributed by atoms with E-state index in [1.165, 1.54) is 0 Å². The van der Waals surface area contributed by atoms with E-state index in [9.17, 15) is 4.79 Å². The van der Waals surface area contributed by atoms with Crippen molar-refractivity contribution in [3.8, 4) is 0 Å². The average molecular weight is 250 g/mol. The van der Waals surface area contributed by atoms with Gasteiger partial charge < -0.3 is 10.2 Å². The first kappa shape index (κ1) is 12.3. The number of hydrogen-bond donors (Lipinski definition) is 1. The van der Waals surface area contributed by atoms with Gasteiger partial charge in [0.1, 0.15) is 0 Å². The molecule has 92 valence electrons. The summed E-state index contributed by atoms with van der Waals surface area (Å²) in [6, 6.07) is 8.00. The van der Waals surface area contributed by atoms with Crippen LogP contribution in [0.1, 0.15) is 13.3 Å². The lowest BCUT2D eigenvalue weighted by Gasteiger charge is -2.30. The maximum atomic E-state index is 11.9. The second-order valence-electron chi connectivity index (χ2n) is 3.97. The number of para-hydroxylation sites is 2. The third kappa shape index (κ3) is 2.94. The number of rotatable bonds is 5. The number of thioether (sulfide) groups is 1. The minimum Gasteiger partial charge on any atom is -0.374 e. The lowest BCUT2D eigenvalue weighted by molar-refractivity contribution is -0.117. The standard InChI is InChI=1S/C13H18N2OS/c1-2-17-9-5-8-15-12-7-4-3-6-11(12)14-10-13(15)16/h3-4,6-7,14H,2,5,8-10H2,1H3. The Morgan fingerprint density at radius 1 is 1.41 bits per heavy atom. The molecule has 1 aliphatic rings. The topological polar surface area (TPSA) is 32.3 Å². The Labute approximate surface area is 107 Å². The van der Waals surface area contributed by atoms with E-state index in [-0.39, 0.29) is 5.91 Å². The highest BCUT2D eigenvalue weighted by molar-refractivity contribution is 7.99. The number of anilines is 2. The molecule has 1 amide bonds. The molecule has 1 aliphatic heterocycles. The Morgan fingerprint density at radius 2 is 2.24 bits per heavy atom. The van der Waals surface area contributed by atoms with Crippen molar-refractivity contribution in [3.05, 3.63) is 24.3 Å². The van der Waals surface area contributed by atoms with Crippen molar-refractivity contribution in [2.24, 2.45) is 0 Å². The first-order valence-electron chi connectivity index (χ1n) is 6.04. The molecule has 4 heteroatoms. The Hall–Kier alpha value is -1.16. The first-order chi connectivity index (χ1) is 8.33. The van der Waals surface area contributed by atoms with E-state index in [1.54, 1.807) is 0 Å². The Kier molecular flexibility index (Phi) is 4.31. The molecule has 0 fully saturated rings. The van der Waals surface area contributed by atoms with Crippen LogP contribution in [0.3, 0.4) is 0 Å². The van der Waals surface area contributed by atoms with Gasteiger partial charge in [-0.1, -0.05) is 19.1 Å². The summed E-state index contributed by atoms with van der Waals surface area (Å²) in [7, 11) is 0. The molecule has 1 N–H and O–H groups in total. The van der Waals surface area contributed by atoms with E-state index in [0.717, 1.165) is 35.8 Å². The number of benzene rings is 1. The van der Waals surface area contributed by atoms with Crippen LogP contribution in [-0.2, 0) is 4.79 Å². The van der Waals surface area contributed by atoms with Gasteiger partial charge in [0, 0.05) is 6.54 Å². The summed E-state index contributed by atoms with van der Waals surface area (Å²) in [4.78, 5) is 13.8. The molecule has 3 nitrogen and oxygen atoms in total. The fourth-order valence-corrected chi connectivity index (χ4v) is 2.60. The lowest BCUT2D eigenvalue weighted by atomic mass is 10.2. The van der Waals surface area contributed by atoms with Crippen molar-refractivity contribution in [2.75, 3.05) is 34.8 Å². The van der Waals surface area contributed by atoms with E-state index in [4.69, 9.17) is 0 Å². The van der Waals surface area contributed by atoms with Gasteiger partial charge >= 0.3 is 0 Å². The highest BCUT2D eigenvalue weighted by atomic mass is 32.2. The zero-order valence-corrected chi connectivity index (χ0v) is 10.9. The predicted octanol–water partition coefficient (Wildman–Crippen LogP) is 2.59. The molecular weight excluding hydrogens is 232 g/mol. The van der Waals surface area contributed by atoms with Gasteiger partial charge in [-0.25, -0.2) is 0 Å². The van der Waals surface area contributed by atoms with Gasteiger partial charge in [-0.3, -0.25) is 4.79 Å². The molecule has 0 radical (unpaired) electrons. The molecule has 0 saturated heterocycles. The van der Waals surface area contributed by atoms with E-state index in [1.807, 2.05) is 40.9 Å². The zero-order valence-electron chi connectivity index (χ0n) is 10.1. The molecule has 0 unspecified atom stereocenters. The average Bonchev–Trinajstić information content (AvgIpc) is 2.37. The van der Waals surface area contributed by atoms with Crippen LogP contribution in [0, 0.1) is 0 Å². The van der Waals surface area contributed by atoms with Crippen LogP contribution in [0.4, 0.5) is 11.4 Å². The Morgan fingerprint density at radius 3 is 3.06 bits per heavy atom. The van der Waals surface area contributed by atoms with Crippen LogP contribution in [0.5, 0.6) is 0 Å². The Bertz CT molecular complexity index is 395. The molecule has 0 bridgehead atoms. The van der Waals surface area contributed by atoms with Gasteiger partial charge in [0.2, 0.25) is 5.91 Å². The number of nitrogens with zero attached hydrogens (tertiary/aromatic N) is 1. The number of fused-ring (bicyclic) bond motifs is 1. The van der Waals surface area contributed by atoms with E-state index < -0.39 is 0 Å². The number of nitrogens with one attached hydrogen (secondary N) is 1. The lowest BCUT2D eigenvalue weighted by Crippen LogP contribution is -2.40. The normalized spacial score (nSPS) is 14.4. The molecule has 0 atom stereocenters. The van der Waals surface area contributed by atoms with Crippen molar-refractivity contribution in [1.82, 2.24) is 0 Å². The van der Waals surface area contributed by atoms with Gasteiger partial charge in [0.25, 0.3) is 0 Å². The summed E-state index contributed by atoms with van der Waals surface area (Å²) in [6.07, 6.45) is 1.05. The van der Waals surface area contributed by atoms with Crippen molar-refractivity contribution < 1.29 is 4.79 Å². The fourth-order valence-electron chi connectivity index (χ4n) is 1.97. The molecule has 1 heterocycles. The number of amides is 1. The largest absolute Gasteiger partial charge is 0.374 e. The highest BCUT2D eigenvalue weighted by Gasteiger charge is 2.22. The van der Waals surface area contributed by atoms with Crippen molar-refractivity contribution in [2.45, 2.75) is 13.3 Å². The van der Waals surface area contributed by atoms with Crippen LogP contribution >= 0.6 is 11.8 Å². The van der Waals surface area contributed by atoms with Crippen LogP contribution < -0.4 is 10.2 Å². The van der Waals surface area contributed by atoms with Crippen LogP contribution in [0.25, 0.3) is 0 Å². The Balaban J connectivity index is 2.02. The number of carbonyl (C=O) groups excluding carboxylic acids is 1. The molecular formula is C13H18N2OS.